The van der Waals surface area contributed by atoms with Gasteiger partial charge in [-0.15, -0.1) is 0 Å². The van der Waals surface area contributed by atoms with Crippen molar-refractivity contribution in [2.75, 3.05) is 33.8 Å². The molecular formula is C22H27N3O3. The van der Waals surface area contributed by atoms with E-state index in [0.29, 0.717) is 18.9 Å². The summed E-state index contributed by atoms with van der Waals surface area (Å²) >= 11 is 0. The van der Waals surface area contributed by atoms with Crippen molar-refractivity contribution in [3.63, 3.8) is 0 Å². The molecule has 6 nitrogen and oxygen atoms in total. The zero-order chi connectivity index (χ0) is 19.8. The third-order valence-electron chi connectivity index (χ3n) is 6.17. The molecule has 3 heterocycles. The van der Waals surface area contributed by atoms with Gasteiger partial charge in [0.1, 0.15) is 5.75 Å². The van der Waals surface area contributed by atoms with E-state index in [1.165, 1.54) is 0 Å². The Morgan fingerprint density at radius 2 is 1.93 bits per heavy atom. The molecule has 148 valence electrons. The first-order valence-corrected chi connectivity index (χ1v) is 9.93. The number of carbonyl (C=O) groups excluding carboxylic acids is 2. The highest BCUT2D eigenvalue weighted by Crippen LogP contribution is 2.32. The number of rotatable bonds is 3. The fraction of sp³-hybridized carbons (Fsp3) is 0.500. The molecule has 2 saturated heterocycles. The summed E-state index contributed by atoms with van der Waals surface area (Å²) in [6.45, 7) is 4.04. The Hall–Kier alpha value is -2.63. The fourth-order valence-corrected chi connectivity index (χ4v) is 4.43. The van der Waals surface area contributed by atoms with E-state index in [1.54, 1.807) is 19.1 Å². The second-order valence-electron chi connectivity index (χ2n) is 8.05. The molecule has 2 fully saturated rings. The van der Waals surface area contributed by atoms with Gasteiger partial charge < -0.3 is 14.5 Å². The van der Waals surface area contributed by atoms with Gasteiger partial charge in [-0.05, 0) is 48.9 Å². The van der Waals surface area contributed by atoms with Crippen molar-refractivity contribution in [3.8, 4) is 5.75 Å². The number of benzene rings is 1. The summed E-state index contributed by atoms with van der Waals surface area (Å²) in [5.74, 6) is 1.26. The van der Waals surface area contributed by atoms with Gasteiger partial charge in [-0.1, -0.05) is 0 Å². The van der Waals surface area contributed by atoms with Crippen LogP contribution in [0.3, 0.4) is 0 Å². The molecule has 0 aliphatic carbocycles. The summed E-state index contributed by atoms with van der Waals surface area (Å²) in [4.78, 5) is 32.7. The molecule has 1 unspecified atom stereocenters. The lowest BCUT2D eigenvalue weighted by molar-refractivity contribution is -0.136. The maximum Gasteiger partial charge on any atom is 0.227 e. The Morgan fingerprint density at radius 1 is 1.18 bits per heavy atom. The second kappa shape index (κ2) is 7.41. The highest BCUT2D eigenvalue weighted by Gasteiger charge is 2.36. The molecule has 6 heteroatoms. The van der Waals surface area contributed by atoms with Crippen molar-refractivity contribution in [2.24, 2.45) is 5.92 Å². The molecule has 1 atom stereocenters. The molecule has 4 rings (SSSR count). The average Bonchev–Trinajstić information content (AvgIpc) is 3.05. The van der Waals surface area contributed by atoms with Gasteiger partial charge in [-0.25, -0.2) is 0 Å². The molecule has 2 aliphatic rings. The van der Waals surface area contributed by atoms with Crippen LogP contribution in [0.1, 0.15) is 36.4 Å². The van der Waals surface area contributed by atoms with Gasteiger partial charge in [-0.3, -0.25) is 14.6 Å². The first-order chi connectivity index (χ1) is 13.5. The van der Waals surface area contributed by atoms with Gasteiger partial charge in [0.15, 0.2) is 0 Å². The number of methoxy groups -OCH3 is 1. The molecule has 1 aromatic heterocycles. The molecule has 0 bridgehead atoms. The van der Waals surface area contributed by atoms with Crippen molar-refractivity contribution < 1.29 is 14.3 Å². The topological polar surface area (TPSA) is 62.7 Å². The van der Waals surface area contributed by atoms with Crippen LogP contribution in [0.25, 0.3) is 10.8 Å². The highest BCUT2D eigenvalue weighted by atomic mass is 16.5. The number of amides is 2. The van der Waals surface area contributed by atoms with Crippen LogP contribution >= 0.6 is 0 Å². The van der Waals surface area contributed by atoms with Gasteiger partial charge in [0.25, 0.3) is 0 Å². The summed E-state index contributed by atoms with van der Waals surface area (Å²) in [7, 11) is 3.46. The van der Waals surface area contributed by atoms with E-state index < -0.39 is 0 Å². The smallest absolute Gasteiger partial charge is 0.227 e. The molecule has 2 aromatic rings. The fourth-order valence-electron chi connectivity index (χ4n) is 4.43. The van der Waals surface area contributed by atoms with Crippen LogP contribution in [0.15, 0.2) is 24.4 Å². The van der Waals surface area contributed by atoms with Crippen molar-refractivity contribution in [1.29, 1.82) is 0 Å². The van der Waals surface area contributed by atoms with E-state index in [2.05, 4.69) is 18.2 Å². The van der Waals surface area contributed by atoms with E-state index in [-0.39, 0.29) is 17.7 Å². The minimum absolute atomic E-state index is 0.0688. The van der Waals surface area contributed by atoms with Crippen molar-refractivity contribution in [3.05, 3.63) is 35.7 Å². The van der Waals surface area contributed by atoms with Gasteiger partial charge >= 0.3 is 0 Å². The number of nitrogens with zero attached hydrogens (tertiary/aromatic N) is 3. The average molecular weight is 381 g/mol. The Kier molecular flexibility index (Phi) is 4.96. The molecule has 0 N–H and O–H groups in total. The lowest BCUT2D eigenvalue weighted by Gasteiger charge is -2.33. The Bertz CT molecular complexity index is 919. The van der Waals surface area contributed by atoms with Crippen LogP contribution in [0.2, 0.25) is 0 Å². The zero-order valence-electron chi connectivity index (χ0n) is 16.8. The molecular weight excluding hydrogens is 354 g/mol. The molecule has 0 radical (unpaired) electrons. The summed E-state index contributed by atoms with van der Waals surface area (Å²) in [5, 5.41) is 2.25. The lowest BCUT2D eigenvalue weighted by atomic mass is 9.91. The number of aromatic nitrogens is 1. The number of hydrogen-bond donors (Lipinski definition) is 0. The number of likely N-dealkylation sites (tertiary alicyclic amines) is 2. The molecule has 2 amide bonds. The highest BCUT2D eigenvalue weighted by molar-refractivity contribution is 5.89. The second-order valence-corrected chi connectivity index (χ2v) is 8.05. The monoisotopic (exact) mass is 381 g/mol. The molecule has 2 aliphatic heterocycles. The quantitative estimate of drug-likeness (QED) is 0.820. The van der Waals surface area contributed by atoms with E-state index in [9.17, 15) is 9.59 Å². The zero-order valence-corrected chi connectivity index (χ0v) is 16.8. The largest absolute Gasteiger partial charge is 0.496 e. The SMILES string of the molecule is COc1cc2cc(C3CCN(C(=O)C4CC(=O)N(C)C4)CC3)ncc2cc1C. The van der Waals surface area contributed by atoms with Crippen LogP contribution < -0.4 is 4.74 Å². The predicted molar refractivity (Wildman–Crippen MR) is 107 cm³/mol. The molecule has 28 heavy (non-hydrogen) atoms. The Balaban J connectivity index is 1.44. The first kappa shape index (κ1) is 18.7. The van der Waals surface area contributed by atoms with Crippen LogP contribution in [0, 0.1) is 12.8 Å². The third-order valence-corrected chi connectivity index (χ3v) is 6.17. The van der Waals surface area contributed by atoms with Crippen molar-refractivity contribution in [1.82, 2.24) is 14.8 Å². The molecule has 0 spiro atoms. The summed E-state index contributed by atoms with van der Waals surface area (Å²) in [5.41, 5.74) is 2.19. The van der Waals surface area contributed by atoms with Crippen molar-refractivity contribution in [2.45, 2.75) is 32.1 Å². The molecule has 1 aromatic carbocycles. The third kappa shape index (κ3) is 3.43. The number of fused-ring (bicyclic) bond motifs is 1. The van der Waals surface area contributed by atoms with E-state index in [1.807, 2.05) is 18.0 Å². The minimum atomic E-state index is -0.177. The number of aryl methyl sites for hydroxylation is 1. The predicted octanol–water partition coefficient (Wildman–Crippen LogP) is 2.74. The maximum atomic E-state index is 12.7. The van der Waals surface area contributed by atoms with Gasteiger partial charge in [-0.2, -0.15) is 0 Å². The van der Waals surface area contributed by atoms with Gasteiger partial charge in [0, 0.05) is 56.3 Å². The number of pyridine rings is 1. The Labute approximate surface area is 165 Å². The van der Waals surface area contributed by atoms with E-state index >= 15 is 0 Å². The number of hydrogen-bond acceptors (Lipinski definition) is 4. The van der Waals surface area contributed by atoms with E-state index in [0.717, 1.165) is 53.7 Å². The van der Waals surface area contributed by atoms with Crippen LogP contribution in [-0.4, -0.2) is 60.4 Å². The summed E-state index contributed by atoms with van der Waals surface area (Å²) in [6, 6.07) is 6.33. The molecule has 0 saturated carbocycles. The standard InChI is InChI=1S/C22H27N3O3/c1-14-8-17-12-23-19(9-16(17)10-20(14)28-3)15-4-6-25(7-5-15)22(27)18-11-21(26)24(2)13-18/h8-10,12,15,18H,4-7,11,13H2,1-3H3. The number of carbonyl (C=O) groups is 2. The van der Waals surface area contributed by atoms with Crippen LogP contribution in [0.5, 0.6) is 5.75 Å². The summed E-state index contributed by atoms with van der Waals surface area (Å²) in [6.07, 6.45) is 4.10. The van der Waals surface area contributed by atoms with Crippen molar-refractivity contribution >= 4 is 22.6 Å². The van der Waals surface area contributed by atoms with E-state index in [4.69, 9.17) is 9.72 Å². The number of piperidine rings is 1. The maximum absolute atomic E-state index is 12.7. The normalized spacial score (nSPS) is 20.8. The minimum Gasteiger partial charge on any atom is -0.496 e. The van der Waals surface area contributed by atoms with Crippen LogP contribution in [-0.2, 0) is 9.59 Å². The Morgan fingerprint density at radius 3 is 2.57 bits per heavy atom. The van der Waals surface area contributed by atoms with Gasteiger partial charge in [0.05, 0.1) is 13.0 Å². The first-order valence-electron chi connectivity index (χ1n) is 9.93. The van der Waals surface area contributed by atoms with Gasteiger partial charge in [0.2, 0.25) is 11.8 Å². The number of ether oxygens (including phenoxy) is 1. The lowest BCUT2D eigenvalue weighted by Crippen LogP contribution is -2.42. The van der Waals surface area contributed by atoms with Crippen LogP contribution in [0.4, 0.5) is 0 Å². The summed E-state index contributed by atoms with van der Waals surface area (Å²) < 4.78 is 5.45.